The number of rotatable bonds is 7. The largest absolute Gasteiger partial charge is 0.504 e. The second-order valence-electron chi connectivity index (χ2n) is 6.71. The number of amides is 1. The predicted octanol–water partition coefficient (Wildman–Crippen LogP) is 2.10. The Morgan fingerprint density at radius 3 is 2.41 bits per heavy atom. The van der Waals surface area contributed by atoms with E-state index >= 15 is 0 Å². The normalized spacial score (nSPS) is 11.8. The van der Waals surface area contributed by atoms with Crippen molar-refractivity contribution in [2.75, 3.05) is 20.7 Å². The molecule has 0 bridgehead atoms. The van der Waals surface area contributed by atoms with Gasteiger partial charge in [-0.05, 0) is 55.7 Å². The zero-order valence-corrected chi connectivity index (χ0v) is 17.9. The molecule has 0 radical (unpaired) electrons. The molecule has 2 N–H and O–H groups in total. The number of nitrogens with zero attached hydrogens (tertiary/aromatic N) is 2. The fourth-order valence-corrected chi connectivity index (χ4v) is 4.54. The van der Waals surface area contributed by atoms with Gasteiger partial charge in [0.25, 0.3) is 5.91 Å². The van der Waals surface area contributed by atoms with Crippen LogP contribution in [0.4, 0.5) is 0 Å². The Morgan fingerprint density at radius 2 is 1.83 bits per heavy atom. The molecule has 1 amide bonds. The first kappa shape index (κ1) is 22.4. The van der Waals surface area contributed by atoms with Crippen LogP contribution in [0.15, 0.2) is 40.3 Å². The molecule has 9 heteroatoms. The van der Waals surface area contributed by atoms with Crippen LogP contribution in [0.5, 0.6) is 11.5 Å². The molecule has 2 aromatic rings. The van der Waals surface area contributed by atoms with Crippen molar-refractivity contribution < 1.29 is 23.1 Å². The maximum atomic E-state index is 12.9. The minimum atomic E-state index is -3.83. The van der Waals surface area contributed by atoms with Gasteiger partial charge in [0.05, 0.1) is 24.8 Å². The highest BCUT2D eigenvalue weighted by Gasteiger charge is 2.26. The fourth-order valence-electron chi connectivity index (χ4n) is 3.01. The lowest BCUT2D eigenvalue weighted by atomic mass is 10.1. The van der Waals surface area contributed by atoms with E-state index in [1.807, 2.05) is 6.92 Å². The number of likely N-dealkylation sites (N-methyl/N-ethyl adjacent to an activating group) is 1. The molecule has 0 aliphatic rings. The first-order valence-corrected chi connectivity index (χ1v) is 10.2. The van der Waals surface area contributed by atoms with Crippen LogP contribution >= 0.6 is 0 Å². The molecule has 2 aromatic carbocycles. The van der Waals surface area contributed by atoms with Crippen LogP contribution in [-0.2, 0) is 14.8 Å². The van der Waals surface area contributed by atoms with E-state index in [-0.39, 0.29) is 22.9 Å². The van der Waals surface area contributed by atoms with Gasteiger partial charge < -0.3 is 9.84 Å². The fraction of sp³-hybridized carbons (Fsp3) is 0.300. The molecule has 8 nitrogen and oxygen atoms in total. The van der Waals surface area contributed by atoms with E-state index in [4.69, 9.17) is 4.74 Å². The SMILES string of the molecule is COc1cc(/C=N\NC(=O)CN(C)S(=O)(=O)c2c(C)cc(C)cc2C)ccc1O. The first-order valence-electron chi connectivity index (χ1n) is 8.79. The van der Waals surface area contributed by atoms with E-state index in [1.165, 1.54) is 26.4 Å². The number of hydrogen-bond donors (Lipinski definition) is 2. The zero-order valence-electron chi connectivity index (χ0n) is 17.1. The highest BCUT2D eigenvalue weighted by atomic mass is 32.2. The van der Waals surface area contributed by atoms with Crippen molar-refractivity contribution in [3.05, 3.63) is 52.6 Å². The topological polar surface area (TPSA) is 108 Å². The summed E-state index contributed by atoms with van der Waals surface area (Å²) in [6.07, 6.45) is 1.36. The molecule has 0 aliphatic heterocycles. The number of aryl methyl sites for hydroxylation is 3. The van der Waals surface area contributed by atoms with E-state index in [1.54, 1.807) is 38.1 Å². The molecule has 0 fully saturated rings. The van der Waals surface area contributed by atoms with Gasteiger partial charge in [-0.15, -0.1) is 0 Å². The van der Waals surface area contributed by atoms with Gasteiger partial charge in [0.1, 0.15) is 0 Å². The lowest BCUT2D eigenvalue weighted by molar-refractivity contribution is -0.121. The molecule has 0 spiro atoms. The second-order valence-corrected chi connectivity index (χ2v) is 8.70. The van der Waals surface area contributed by atoms with Crippen molar-refractivity contribution in [3.63, 3.8) is 0 Å². The summed E-state index contributed by atoms with van der Waals surface area (Å²) < 4.78 is 31.8. The number of methoxy groups -OCH3 is 1. The Bertz CT molecular complexity index is 1030. The van der Waals surface area contributed by atoms with E-state index in [0.717, 1.165) is 9.87 Å². The van der Waals surface area contributed by atoms with Crippen LogP contribution in [-0.4, -0.2) is 50.7 Å². The number of phenolic OH excluding ortho intramolecular Hbond substituents is 1. The quantitative estimate of drug-likeness (QED) is 0.528. The number of nitrogens with one attached hydrogen (secondary N) is 1. The average Bonchev–Trinajstić information content (AvgIpc) is 2.61. The summed E-state index contributed by atoms with van der Waals surface area (Å²) in [6.45, 7) is 4.98. The molecule has 0 aliphatic carbocycles. The van der Waals surface area contributed by atoms with Gasteiger partial charge in [-0.25, -0.2) is 13.8 Å². The van der Waals surface area contributed by atoms with Gasteiger partial charge in [-0.1, -0.05) is 17.7 Å². The highest BCUT2D eigenvalue weighted by Crippen LogP contribution is 2.26. The smallest absolute Gasteiger partial charge is 0.255 e. The summed E-state index contributed by atoms with van der Waals surface area (Å²) in [4.78, 5) is 12.3. The molecule has 0 saturated carbocycles. The lowest BCUT2D eigenvalue weighted by Crippen LogP contribution is -2.37. The zero-order chi connectivity index (χ0) is 21.8. The van der Waals surface area contributed by atoms with Crippen molar-refractivity contribution >= 4 is 22.1 Å². The van der Waals surface area contributed by atoms with Gasteiger partial charge in [0.15, 0.2) is 11.5 Å². The number of aromatic hydroxyl groups is 1. The van der Waals surface area contributed by atoms with Crippen LogP contribution < -0.4 is 10.2 Å². The number of ether oxygens (including phenoxy) is 1. The first-order chi connectivity index (χ1) is 13.6. The molecule has 0 saturated heterocycles. The highest BCUT2D eigenvalue weighted by molar-refractivity contribution is 7.89. The van der Waals surface area contributed by atoms with Crippen LogP contribution in [0, 0.1) is 20.8 Å². The van der Waals surface area contributed by atoms with E-state index in [0.29, 0.717) is 16.7 Å². The molecule has 0 aromatic heterocycles. The average molecular weight is 420 g/mol. The van der Waals surface area contributed by atoms with Crippen molar-refractivity contribution in [1.82, 2.24) is 9.73 Å². The van der Waals surface area contributed by atoms with Gasteiger partial charge in [0, 0.05) is 7.05 Å². The summed E-state index contributed by atoms with van der Waals surface area (Å²) in [5, 5.41) is 13.4. The van der Waals surface area contributed by atoms with Crippen LogP contribution in [0.2, 0.25) is 0 Å². The molecule has 0 heterocycles. The van der Waals surface area contributed by atoms with Crippen molar-refractivity contribution in [1.29, 1.82) is 0 Å². The maximum absolute atomic E-state index is 12.9. The lowest BCUT2D eigenvalue weighted by Gasteiger charge is -2.19. The summed E-state index contributed by atoms with van der Waals surface area (Å²) in [5.74, 6) is -0.322. The minimum absolute atomic E-state index is 0.0118. The second kappa shape index (κ2) is 9.06. The van der Waals surface area contributed by atoms with Gasteiger partial charge in [-0.2, -0.15) is 9.41 Å². The van der Waals surface area contributed by atoms with E-state index < -0.39 is 15.9 Å². The molecule has 29 heavy (non-hydrogen) atoms. The Hall–Kier alpha value is -2.91. The summed E-state index contributed by atoms with van der Waals surface area (Å²) in [6, 6.07) is 8.17. The number of hydrogen-bond acceptors (Lipinski definition) is 6. The number of benzene rings is 2. The number of carbonyl (C=O) groups excluding carboxylic acids is 1. The van der Waals surface area contributed by atoms with Gasteiger partial charge >= 0.3 is 0 Å². The standard InChI is InChI=1S/C20H25N3O5S/c1-13-8-14(2)20(15(3)9-13)29(26,27)23(4)12-19(25)22-21-11-16-6-7-17(24)18(10-16)28-5/h6-11,24H,12H2,1-5H3,(H,22,25)/b21-11-. The monoisotopic (exact) mass is 419 g/mol. The number of carbonyl (C=O) groups is 1. The van der Waals surface area contributed by atoms with Crippen LogP contribution in [0.3, 0.4) is 0 Å². The molecular weight excluding hydrogens is 394 g/mol. The molecule has 0 unspecified atom stereocenters. The number of phenols is 1. The van der Waals surface area contributed by atoms with E-state index in [9.17, 15) is 18.3 Å². The molecular formula is C20H25N3O5S. The van der Waals surface area contributed by atoms with Crippen molar-refractivity contribution in [3.8, 4) is 11.5 Å². The van der Waals surface area contributed by atoms with Crippen molar-refractivity contribution in [2.45, 2.75) is 25.7 Å². The number of sulfonamides is 1. The Kier molecular flexibility index (Phi) is 6.99. The third-order valence-electron chi connectivity index (χ3n) is 4.25. The Labute approximate surface area is 170 Å². The molecule has 0 atom stereocenters. The summed E-state index contributed by atoms with van der Waals surface area (Å²) in [5.41, 5.74) is 5.13. The Balaban J connectivity index is 2.07. The predicted molar refractivity (Wildman–Crippen MR) is 111 cm³/mol. The van der Waals surface area contributed by atoms with Gasteiger partial charge in [-0.3, -0.25) is 4.79 Å². The van der Waals surface area contributed by atoms with Crippen molar-refractivity contribution in [2.24, 2.45) is 5.10 Å². The van der Waals surface area contributed by atoms with Gasteiger partial charge in [0.2, 0.25) is 10.0 Å². The van der Waals surface area contributed by atoms with Crippen LogP contribution in [0.1, 0.15) is 22.3 Å². The number of hydrazone groups is 1. The Morgan fingerprint density at radius 1 is 1.21 bits per heavy atom. The van der Waals surface area contributed by atoms with Crippen LogP contribution in [0.25, 0.3) is 0 Å². The third-order valence-corrected chi connectivity index (χ3v) is 6.36. The third kappa shape index (κ3) is 5.33. The summed E-state index contributed by atoms with van der Waals surface area (Å²) in [7, 11) is -1.06. The molecule has 156 valence electrons. The summed E-state index contributed by atoms with van der Waals surface area (Å²) >= 11 is 0. The maximum Gasteiger partial charge on any atom is 0.255 e. The molecule has 2 rings (SSSR count). The van der Waals surface area contributed by atoms with E-state index in [2.05, 4.69) is 10.5 Å². The minimum Gasteiger partial charge on any atom is -0.504 e.